The highest BCUT2D eigenvalue weighted by atomic mass is 16.5. The van der Waals surface area contributed by atoms with Gasteiger partial charge in [0, 0.05) is 25.2 Å². The average molecular weight is 388 g/mol. The standard InChI is InChI=1S/C22H20N4O3/c27-19-12-18(24-13-20(19)29-14-15-6-2-1-3-7-15)22(28)23-11-10-21-25-16-8-4-5-9-17(16)26-21/h1-9,12-13H,10-11,14H2,(H,23,28)(H,24,27)(H,25,26). The van der Waals surface area contributed by atoms with E-state index in [0.29, 0.717) is 13.0 Å². The Morgan fingerprint density at radius 2 is 1.86 bits per heavy atom. The van der Waals surface area contributed by atoms with Crippen LogP contribution in [0.2, 0.25) is 0 Å². The van der Waals surface area contributed by atoms with Crippen LogP contribution >= 0.6 is 0 Å². The number of pyridine rings is 1. The van der Waals surface area contributed by atoms with Crippen LogP contribution in [0, 0.1) is 0 Å². The number of nitrogens with zero attached hydrogens (tertiary/aromatic N) is 1. The third kappa shape index (κ3) is 4.52. The summed E-state index contributed by atoms with van der Waals surface area (Å²) in [5.41, 5.74) is 2.65. The molecule has 2 aromatic heterocycles. The van der Waals surface area contributed by atoms with Crippen molar-refractivity contribution in [3.05, 3.63) is 94.2 Å². The first-order valence-corrected chi connectivity index (χ1v) is 9.30. The van der Waals surface area contributed by atoms with Crippen molar-refractivity contribution < 1.29 is 9.53 Å². The fraction of sp³-hybridized carbons (Fsp3) is 0.136. The molecular weight excluding hydrogens is 368 g/mol. The van der Waals surface area contributed by atoms with Gasteiger partial charge in [0.1, 0.15) is 18.1 Å². The molecule has 0 aliphatic rings. The highest BCUT2D eigenvalue weighted by Crippen LogP contribution is 2.10. The van der Waals surface area contributed by atoms with Crippen molar-refractivity contribution in [1.82, 2.24) is 20.3 Å². The number of carbonyl (C=O) groups excluding carboxylic acids is 1. The van der Waals surface area contributed by atoms with E-state index in [2.05, 4.69) is 20.3 Å². The molecule has 4 aromatic rings. The predicted molar refractivity (Wildman–Crippen MR) is 110 cm³/mol. The van der Waals surface area contributed by atoms with Crippen LogP contribution in [-0.2, 0) is 13.0 Å². The molecule has 2 heterocycles. The van der Waals surface area contributed by atoms with E-state index in [1.54, 1.807) is 0 Å². The van der Waals surface area contributed by atoms with Gasteiger partial charge in [-0.3, -0.25) is 9.59 Å². The second-order valence-corrected chi connectivity index (χ2v) is 6.56. The monoisotopic (exact) mass is 388 g/mol. The zero-order valence-electron chi connectivity index (χ0n) is 15.6. The molecule has 0 saturated heterocycles. The molecule has 0 aliphatic heterocycles. The number of carbonyl (C=O) groups is 1. The molecule has 0 atom stereocenters. The third-order valence-electron chi connectivity index (χ3n) is 4.44. The Hall–Kier alpha value is -3.87. The highest BCUT2D eigenvalue weighted by Gasteiger charge is 2.10. The van der Waals surface area contributed by atoms with Crippen LogP contribution in [0.4, 0.5) is 0 Å². The first-order chi connectivity index (χ1) is 14.2. The number of benzene rings is 2. The number of hydrogen-bond acceptors (Lipinski definition) is 4. The fourth-order valence-corrected chi connectivity index (χ4v) is 2.95. The van der Waals surface area contributed by atoms with Crippen LogP contribution in [0.3, 0.4) is 0 Å². The van der Waals surface area contributed by atoms with Gasteiger partial charge in [-0.2, -0.15) is 0 Å². The van der Waals surface area contributed by atoms with E-state index < -0.39 is 0 Å². The predicted octanol–water partition coefficient (Wildman–Crippen LogP) is 2.80. The summed E-state index contributed by atoms with van der Waals surface area (Å²) in [5, 5.41) is 2.79. The molecule has 4 rings (SSSR count). The summed E-state index contributed by atoms with van der Waals surface area (Å²) >= 11 is 0. The van der Waals surface area contributed by atoms with E-state index in [1.807, 2.05) is 54.6 Å². The molecule has 146 valence electrons. The number of rotatable bonds is 7. The molecule has 7 heteroatoms. The molecule has 3 N–H and O–H groups in total. The maximum atomic E-state index is 12.3. The smallest absolute Gasteiger partial charge is 0.267 e. The lowest BCUT2D eigenvalue weighted by molar-refractivity contribution is 0.0949. The van der Waals surface area contributed by atoms with Crippen LogP contribution in [0.25, 0.3) is 11.0 Å². The lowest BCUT2D eigenvalue weighted by Crippen LogP contribution is -2.28. The SMILES string of the molecule is O=C(NCCc1nc2ccccc2[nH]1)c1cc(=O)c(OCc2ccccc2)c[nH]1. The number of fused-ring (bicyclic) bond motifs is 1. The minimum Gasteiger partial charge on any atom is -0.483 e. The first kappa shape index (κ1) is 18.5. The Labute approximate surface area is 166 Å². The lowest BCUT2D eigenvalue weighted by atomic mass is 10.2. The van der Waals surface area contributed by atoms with E-state index in [4.69, 9.17) is 4.74 Å². The van der Waals surface area contributed by atoms with Gasteiger partial charge in [0.15, 0.2) is 5.75 Å². The summed E-state index contributed by atoms with van der Waals surface area (Å²) < 4.78 is 5.54. The molecule has 1 amide bonds. The fourth-order valence-electron chi connectivity index (χ4n) is 2.95. The van der Waals surface area contributed by atoms with Crippen LogP contribution < -0.4 is 15.5 Å². The van der Waals surface area contributed by atoms with Gasteiger partial charge in [-0.05, 0) is 17.7 Å². The number of amides is 1. The summed E-state index contributed by atoms with van der Waals surface area (Å²) in [5.74, 6) is 0.616. The first-order valence-electron chi connectivity index (χ1n) is 9.30. The zero-order valence-corrected chi connectivity index (χ0v) is 15.6. The molecule has 0 spiro atoms. The van der Waals surface area contributed by atoms with Gasteiger partial charge >= 0.3 is 0 Å². The van der Waals surface area contributed by atoms with Gasteiger partial charge in [-0.25, -0.2) is 4.98 Å². The Morgan fingerprint density at radius 1 is 1.07 bits per heavy atom. The Balaban J connectivity index is 1.32. The quantitative estimate of drug-likeness (QED) is 0.453. The Kier molecular flexibility index (Phi) is 5.38. The van der Waals surface area contributed by atoms with E-state index in [0.717, 1.165) is 22.4 Å². The van der Waals surface area contributed by atoms with Crippen molar-refractivity contribution >= 4 is 16.9 Å². The van der Waals surface area contributed by atoms with Crippen molar-refractivity contribution in [2.45, 2.75) is 13.0 Å². The minimum absolute atomic E-state index is 0.174. The van der Waals surface area contributed by atoms with Crippen LogP contribution in [-0.4, -0.2) is 27.4 Å². The molecule has 0 fully saturated rings. The molecular formula is C22H20N4O3. The van der Waals surface area contributed by atoms with Crippen molar-refractivity contribution in [2.24, 2.45) is 0 Å². The van der Waals surface area contributed by atoms with Gasteiger partial charge in [-0.1, -0.05) is 42.5 Å². The van der Waals surface area contributed by atoms with Crippen LogP contribution in [0.1, 0.15) is 21.9 Å². The second kappa shape index (κ2) is 8.43. The number of para-hydroxylation sites is 2. The number of ether oxygens (including phenoxy) is 1. The molecule has 29 heavy (non-hydrogen) atoms. The number of imidazole rings is 1. The van der Waals surface area contributed by atoms with E-state index in [1.165, 1.54) is 12.3 Å². The zero-order chi connectivity index (χ0) is 20.1. The molecule has 0 unspecified atom stereocenters. The average Bonchev–Trinajstić information content (AvgIpc) is 3.16. The van der Waals surface area contributed by atoms with Crippen LogP contribution in [0.15, 0.2) is 71.7 Å². The van der Waals surface area contributed by atoms with Gasteiger partial charge in [-0.15, -0.1) is 0 Å². The maximum absolute atomic E-state index is 12.3. The van der Waals surface area contributed by atoms with Crippen molar-refractivity contribution in [3.63, 3.8) is 0 Å². The minimum atomic E-state index is -0.354. The van der Waals surface area contributed by atoms with Crippen molar-refractivity contribution in [3.8, 4) is 5.75 Å². The molecule has 0 radical (unpaired) electrons. The summed E-state index contributed by atoms with van der Waals surface area (Å²) in [4.78, 5) is 35.0. The topological polar surface area (TPSA) is 99.9 Å². The number of nitrogens with one attached hydrogen (secondary N) is 3. The number of hydrogen-bond donors (Lipinski definition) is 3. The number of H-pyrrole nitrogens is 2. The largest absolute Gasteiger partial charge is 0.483 e. The molecule has 7 nitrogen and oxygen atoms in total. The molecule has 0 bridgehead atoms. The lowest BCUT2D eigenvalue weighted by Gasteiger charge is -2.07. The summed E-state index contributed by atoms with van der Waals surface area (Å²) in [6.45, 7) is 0.680. The van der Waals surface area contributed by atoms with Crippen molar-refractivity contribution in [1.29, 1.82) is 0 Å². The van der Waals surface area contributed by atoms with Gasteiger partial charge < -0.3 is 20.0 Å². The molecule has 0 aliphatic carbocycles. The summed E-state index contributed by atoms with van der Waals surface area (Å²) in [7, 11) is 0. The molecule has 2 aromatic carbocycles. The summed E-state index contributed by atoms with van der Waals surface area (Å²) in [6, 6.07) is 18.6. The Bertz CT molecular complexity index is 1150. The highest BCUT2D eigenvalue weighted by molar-refractivity contribution is 5.92. The number of aromatic amines is 2. The van der Waals surface area contributed by atoms with E-state index in [-0.39, 0.29) is 29.4 Å². The van der Waals surface area contributed by atoms with Gasteiger partial charge in [0.2, 0.25) is 5.43 Å². The normalized spacial score (nSPS) is 10.8. The molecule has 0 saturated carbocycles. The van der Waals surface area contributed by atoms with E-state index in [9.17, 15) is 9.59 Å². The van der Waals surface area contributed by atoms with Gasteiger partial charge in [0.25, 0.3) is 5.91 Å². The third-order valence-corrected chi connectivity index (χ3v) is 4.44. The Morgan fingerprint density at radius 3 is 2.66 bits per heavy atom. The van der Waals surface area contributed by atoms with Crippen LogP contribution in [0.5, 0.6) is 5.75 Å². The second-order valence-electron chi connectivity index (χ2n) is 6.56. The maximum Gasteiger partial charge on any atom is 0.267 e. The summed E-state index contributed by atoms with van der Waals surface area (Å²) in [6.07, 6.45) is 1.97. The van der Waals surface area contributed by atoms with Gasteiger partial charge in [0.05, 0.1) is 11.0 Å². The van der Waals surface area contributed by atoms with Crippen molar-refractivity contribution in [2.75, 3.05) is 6.54 Å². The number of aromatic nitrogens is 3. The van der Waals surface area contributed by atoms with E-state index >= 15 is 0 Å².